The van der Waals surface area contributed by atoms with E-state index in [0.29, 0.717) is 4.70 Å². The molecule has 2 aromatic heterocycles. The van der Waals surface area contributed by atoms with Crippen molar-refractivity contribution in [2.24, 2.45) is 4.99 Å². The van der Waals surface area contributed by atoms with Crippen molar-refractivity contribution >= 4 is 51.9 Å². The van der Waals surface area contributed by atoms with Gasteiger partial charge in [-0.05, 0) is 0 Å². The third-order valence-corrected chi connectivity index (χ3v) is 5.22. The maximum absolute atomic E-state index is 12.9. The van der Waals surface area contributed by atoms with Crippen molar-refractivity contribution in [1.29, 1.82) is 0 Å². The Morgan fingerprint density at radius 3 is 2.45 bits per heavy atom. The number of thiazole rings is 1. The Balaban J connectivity index is 2.09. The lowest BCUT2D eigenvalue weighted by atomic mass is 10.1. The van der Waals surface area contributed by atoms with Gasteiger partial charge in [-0.15, -0.1) is 0 Å². The number of aromatic nitrogens is 3. The molecule has 1 saturated heterocycles. The van der Waals surface area contributed by atoms with E-state index in [-0.39, 0.29) is 18.2 Å². The zero-order valence-electron chi connectivity index (χ0n) is 18.6. The van der Waals surface area contributed by atoms with Gasteiger partial charge >= 0.3 is 22.8 Å². The summed E-state index contributed by atoms with van der Waals surface area (Å²) >= 11 is 0.861. The van der Waals surface area contributed by atoms with Gasteiger partial charge in [-0.3, -0.25) is 23.7 Å². The van der Waals surface area contributed by atoms with Gasteiger partial charge in [0, 0.05) is 34.9 Å². The largest absolute Gasteiger partial charge is 0.463 e. The average Bonchev–Trinajstić information content (AvgIpc) is 3.20. The smallest absolute Gasteiger partial charge is 0.311 e. The summed E-state index contributed by atoms with van der Waals surface area (Å²) in [6.07, 6.45) is -1.60. The highest BCUT2D eigenvalue weighted by Gasteiger charge is 2.51. The van der Waals surface area contributed by atoms with Gasteiger partial charge in [-0.2, -0.15) is 4.98 Å². The number of carbonyl (C=O) groups is 3. The summed E-state index contributed by atoms with van der Waals surface area (Å²) < 4.78 is 23.3. The quantitative estimate of drug-likeness (QED) is 0.234. The van der Waals surface area contributed by atoms with Crippen LogP contribution in [0.2, 0.25) is 0 Å². The number of hydrogen-bond donors (Lipinski definition) is 0. The second-order valence-corrected chi connectivity index (χ2v) is 8.31. The molecule has 13 nitrogen and oxygen atoms in total. The molecule has 0 spiro atoms. The summed E-state index contributed by atoms with van der Waals surface area (Å²) in [5.41, 5.74) is 0.197. The molecule has 2 aromatic rings. The second-order valence-electron chi connectivity index (χ2n) is 7.32. The molecule has 1 aliphatic heterocycles. The fraction of sp³-hybridized carbons (Fsp3) is 0.526. The highest BCUT2D eigenvalue weighted by molar-refractivity contribution is 7.16. The molecule has 178 valence electrons. The number of esters is 3. The van der Waals surface area contributed by atoms with Crippen molar-refractivity contribution in [2.45, 2.75) is 45.3 Å². The molecule has 0 N–H and O–H groups in total. The van der Waals surface area contributed by atoms with Gasteiger partial charge in [0.05, 0.1) is 17.2 Å². The van der Waals surface area contributed by atoms with E-state index in [0.717, 1.165) is 11.3 Å². The van der Waals surface area contributed by atoms with Gasteiger partial charge in [0.25, 0.3) is 5.95 Å². The molecular formula is C19H23N5O8S. The van der Waals surface area contributed by atoms with E-state index in [4.69, 9.17) is 18.9 Å². The van der Waals surface area contributed by atoms with Crippen molar-refractivity contribution < 1.29 is 33.3 Å². The Kier molecular flexibility index (Phi) is 7.38. The molecule has 0 bridgehead atoms. The molecule has 33 heavy (non-hydrogen) atoms. The van der Waals surface area contributed by atoms with Gasteiger partial charge in [0.15, 0.2) is 24.1 Å². The number of aliphatic imine (C=N–C) groups is 1. The number of carbonyl (C=O) groups excluding carboxylic acids is 3. The monoisotopic (exact) mass is 481 g/mol. The van der Waals surface area contributed by atoms with Crippen molar-refractivity contribution in [2.75, 3.05) is 20.7 Å². The lowest BCUT2D eigenvalue weighted by Gasteiger charge is -2.23. The Labute approximate surface area is 191 Å². The molecule has 1 aliphatic rings. The summed E-state index contributed by atoms with van der Waals surface area (Å²) in [6, 6.07) is 0. The highest BCUT2D eigenvalue weighted by Crippen LogP contribution is 2.36. The van der Waals surface area contributed by atoms with Crippen molar-refractivity contribution in [3.8, 4) is 0 Å². The molecule has 0 radical (unpaired) electrons. The third-order valence-electron chi connectivity index (χ3n) is 4.34. The Morgan fingerprint density at radius 2 is 1.85 bits per heavy atom. The van der Waals surface area contributed by atoms with Crippen LogP contribution in [0.5, 0.6) is 0 Å². The number of nitrogens with zero attached hydrogens (tertiary/aromatic N) is 5. The van der Waals surface area contributed by atoms with E-state index in [1.54, 1.807) is 19.0 Å². The summed E-state index contributed by atoms with van der Waals surface area (Å²) in [5.74, 6) is -1.84. The molecule has 0 aromatic carbocycles. The van der Waals surface area contributed by atoms with Crippen LogP contribution in [-0.2, 0) is 33.3 Å². The first-order chi connectivity index (χ1) is 15.6. The zero-order valence-corrected chi connectivity index (χ0v) is 19.4. The second kappa shape index (κ2) is 10.0. The number of hydrogen-bond acceptors (Lipinski definition) is 12. The van der Waals surface area contributed by atoms with E-state index in [1.165, 1.54) is 37.9 Å². The molecule has 0 aliphatic carbocycles. The maximum Gasteiger partial charge on any atom is 0.311 e. The molecule has 14 heteroatoms. The van der Waals surface area contributed by atoms with Gasteiger partial charge in [-0.25, -0.2) is 9.98 Å². The number of fused-ring (bicyclic) bond motifs is 1. The van der Waals surface area contributed by atoms with E-state index in [1.807, 2.05) is 0 Å². The van der Waals surface area contributed by atoms with E-state index >= 15 is 0 Å². The number of ether oxygens (including phenoxy) is 4. The van der Waals surface area contributed by atoms with Crippen LogP contribution in [0.1, 0.15) is 27.0 Å². The van der Waals surface area contributed by atoms with E-state index in [9.17, 15) is 19.2 Å². The van der Waals surface area contributed by atoms with Crippen molar-refractivity contribution in [1.82, 2.24) is 19.4 Å². The molecule has 0 saturated carbocycles. The SMILES string of the molecule is CC(=O)OC[C@H]1O[C@@H](n2c(=O)sc3cnc(N=CN(C)C)nc32)[C@H](OC(C)=O)[C@@H]1OC(C)=O. The summed E-state index contributed by atoms with van der Waals surface area (Å²) in [7, 11) is 3.55. The van der Waals surface area contributed by atoms with Crippen LogP contribution in [0.15, 0.2) is 16.0 Å². The normalized spacial score (nSPS) is 22.5. The Hall–Kier alpha value is -3.39. The van der Waals surface area contributed by atoms with E-state index < -0.39 is 47.3 Å². The topological polar surface area (TPSA) is 152 Å². The molecule has 1 fully saturated rings. The molecule has 0 amide bonds. The van der Waals surface area contributed by atoms with E-state index in [2.05, 4.69) is 15.0 Å². The molecule has 4 atom stereocenters. The van der Waals surface area contributed by atoms with Gasteiger partial charge in [-0.1, -0.05) is 11.3 Å². The predicted octanol–water partition coefficient (Wildman–Crippen LogP) is 0.398. The maximum atomic E-state index is 12.9. The predicted molar refractivity (Wildman–Crippen MR) is 115 cm³/mol. The lowest BCUT2D eigenvalue weighted by Crippen LogP contribution is -2.41. The van der Waals surface area contributed by atoms with Gasteiger partial charge < -0.3 is 23.8 Å². The Morgan fingerprint density at radius 1 is 1.18 bits per heavy atom. The third kappa shape index (κ3) is 5.70. The molecule has 3 heterocycles. The minimum atomic E-state index is -1.21. The van der Waals surface area contributed by atoms with Crippen LogP contribution in [0, 0.1) is 0 Å². The van der Waals surface area contributed by atoms with Crippen LogP contribution in [0.4, 0.5) is 5.95 Å². The van der Waals surface area contributed by atoms with Crippen LogP contribution in [0.3, 0.4) is 0 Å². The van der Waals surface area contributed by atoms with Crippen molar-refractivity contribution in [3.63, 3.8) is 0 Å². The van der Waals surface area contributed by atoms with Crippen LogP contribution in [0.25, 0.3) is 10.3 Å². The van der Waals surface area contributed by atoms with Crippen LogP contribution in [-0.4, -0.2) is 82.7 Å². The molecule has 0 unspecified atom stereocenters. The molecular weight excluding hydrogens is 458 g/mol. The fourth-order valence-electron chi connectivity index (χ4n) is 3.18. The summed E-state index contributed by atoms with van der Waals surface area (Å²) in [6.45, 7) is 3.27. The fourth-order valence-corrected chi connectivity index (χ4v) is 4.00. The summed E-state index contributed by atoms with van der Waals surface area (Å²) in [5, 5.41) is 0. The standard InChI is InChI=1S/C19H23N5O8S/c1-9(25)29-7-12-14(30-10(2)26)15(31-11(3)27)17(32-12)24-16-13(33-19(24)28)6-20-18(22-16)21-8-23(4)5/h6,8,12,14-15,17H,7H2,1-5H3/t12-,14-,15-,17-/m1/s1. The zero-order chi connectivity index (χ0) is 24.3. The van der Waals surface area contributed by atoms with Crippen LogP contribution < -0.4 is 4.87 Å². The lowest BCUT2D eigenvalue weighted by molar-refractivity contribution is -0.166. The minimum absolute atomic E-state index is 0.0952. The first kappa shape index (κ1) is 24.3. The summed E-state index contributed by atoms with van der Waals surface area (Å²) in [4.78, 5) is 61.6. The van der Waals surface area contributed by atoms with Crippen LogP contribution >= 0.6 is 11.3 Å². The first-order valence-corrected chi connectivity index (χ1v) is 10.6. The minimum Gasteiger partial charge on any atom is -0.463 e. The average molecular weight is 481 g/mol. The first-order valence-electron chi connectivity index (χ1n) is 9.78. The van der Waals surface area contributed by atoms with Gasteiger partial charge in [0.1, 0.15) is 12.7 Å². The Bertz CT molecular complexity index is 1140. The van der Waals surface area contributed by atoms with Crippen molar-refractivity contribution in [3.05, 3.63) is 15.9 Å². The highest BCUT2D eigenvalue weighted by atomic mass is 32.1. The number of rotatable bonds is 7. The molecule has 3 rings (SSSR count). The van der Waals surface area contributed by atoms with Gasteiger partial charge in [0.2, 0.25) is 0 Å².